The number of carbonyl (C=O) groups is 1. The Bertz CT molecular complexity index is 841. The molecular weight excluding hydrogens is 355 g/mol. The molecule has 0 aliphatic rings. The largest absolute Gasteiger partial charge is 0.324 e. The number of carbonyl (C=O) groups excluding carboxylic acids is 1. The minimum absolute atomic E-state index is 0.284. The van der Waals surface area contributed by atoms with Gasteiger partial charge in [0.2, 0.25) is 15.9 Å². The van der Waals surface area contributed by atoms with Crippen LogP contribution in [-0.4, -0.2) is 26.6 Å². The zero-order valence-corrected chi connectivity index (χ0v) is 14.6. The summed E-state index contributed by atoms with van der Waals surface area (Å²) in [4.78, 5) is 12.4. The lowest BCUT2D eigenvalue weighted by atomic mass is 10.2. The normalized spacial score (nSPS) is 12.5. The van der Waals surface area contributed by atoms with Crippen LogP contribution in [0.1, 0.15) is 6.92 Å². The van der Waals surface area contributed by atoms with Crippen LogP contribution in [0.2, 0.25) is 5.02 Å². The summed E-state index contributed by atoms with van der Waals surface area (Å²) in [7, 11) is -3.72. The third-order valence-electron chi connectivity index (χ3n) is 3.26. The molecule has 0 spiro atoms. The van der Waals surface area contributed by atoms with E-state index in [-0.39, 0.29) is 5.69 Å². The summed E-state index contributed by atoms with van der Waals surface area (Å²) in [6.45, 7) is 1.46. The molecule has 0 aliphatic carbocycles. The van der Waals surface area contributed by atoms with Gasteiger partial charge < -0.3 is 5.32 Å². The standard InChI is InChI=1S/C16H16ClFN2O3S/c1-11(16(21)19-14-8-6-13(18)7-9-14)20(24(2,22)23)15-5-3-4-12(17)10-15/h3-11H,1-2H3,(H,19,21). The molecule has 0 fully saturated rings. The molecule has 0 aliphatic heterocycles. The average molecular weight is 371 g/mol. The highest BCUT2D eigenvalue weighted by Gasteiger charge is 2.29. The van der Waals surface area contributed by atoms with Crippen LogP contribution in [0.4, 0.5) is 15.8 Å². The highest BCUT2D eigenvalue weighted by molar-refractivity contribution is 7.92. The van der Waals surface area contributed by atoms with E-state index in [0.29, 0.717) is 10.7 Å². The van der Waals surface area contributed by atoms with Gasteiger partial charge in [-0.1, -0.05) is 17.7 Å². The molecule has 5 nitrogen and oxygen atoms in total. The Morgan fingerprint density at radius 1 is 1.21 bits per heavy atom. The molecule has 0 heterocycles. The quantitative estimate of drug-likeness (QED) is 0.878. The van der Waals surface area contributed by atoms with Crippen molar-refractivity contribution in [2.45, 2.75) is 13.0 Å². The van der Waals surface area contributed by atoms with Crippen LogP contribution in [0.15, 0.2) is 48.5 Å². The average Bonchev–Trinajstić information content (AvgIpc) is 2.48. The third kappa shape index (κ3) is 4.46. The van der Waals surface area contributed by atoms with Crippen molar-refractivity contribution in [2.75, 3.05) is 15.9 Å². The molecule has 0 saturated carbocycles. The van der Waals surface area contributed by atoms with E-state index in [9.17, 15) is 17.6 Å². The molecule has 24 heavy (non-hydrogen) atoms. The summed E-state index contributed by atoms with van der Waals surface area (Å²) in [5, 5.41) is 2.92. The first-order valence-electron chi connectivity index (χ1n) is 7.00. The second kappa shape index (κ2) is 7.19. The summed E-state index contributed by atoms with van der Waals surface area (Å²) < 4.78 is 38.2. The Morgan fingerprint density at radius 2 is 1.83 bits per heavy atom. The van der Waals surface area contributed by atoms with Gasteiger partial charge in [-0.2, -0.15) is 0 Å². The molecule has 0 aromatic heterocycles. The zero-order valence-electron chi connectivity index (χ0n) is 13.0. The second-order valence-corrected chi connectivity index (χ2v) is 7.51. The summed E-state index contributed by atoms with van der Waals surface area (Å²) in [6.07, 6.45) is 1.01. The van der Waals surface area contributed by atoms with Crippen molar-refractivity contribution in [1.29, 1.82) is 0 Å². The molecule has 128 valence electrons. The van der Waals surface area contributed by atoms with E-state index in [1.54, 1.807) is 18.2 Å². The first kappa shape index (κ1) is 18.2. The van der Waals surface area contributed by atoms with Gasteiger partial charge in [0.05, 0.1) is 11.9 Å². The van der Waals surface area contributed by atoms with E-state index in [1.807, 2.05) is 0 Å². The lowest BCUT2D eigenvalue weighted by molar-refractivity contribution is -0.116. The number of amides is 1. The van der Waals surface area contributed by atoms with E-state index >= 15 is 0 Å². The maximum Gasteiger partial charge on any atom is 0.247 e. The predicted molar refractivity (Wildman–Crippen MR) is 93.3 cm³/mol. The predicted octanol–water partition coefficient (Wildman–Crippen LogP) is 3.27. The van der Waals surface area contributed by atoms with Crippen molar-refractivity contribution in [2.24, 2.45) is 0 Å². The molecule has 1 N–H and O–H groups in total. The zero-order chi connectivity index (χ0) is 17.9. The Balaban J connectivity index is 2.29. The number of benzene rings is 2. The van der Waals surface area contributed by atoms with Crippen LogP contribution in [-0.2, 0) is 14.8 Å². The van der Waals surface area contributed by atoms with Gasteiger partial charge >= 0.3 is 0 Å². The van der Waals surface area contributed by atoms with Crippen molar-refractivity contribution < 1.29 is 17.6 Å². The van der Waals surface area contributed by atoms with Crippen molar-refractivity contribution in [3.8, 4) is 0 Å². The molecule has 1 amide bonds. The molecule has 0 radical (unpaired) electrons. The van der Waals surface area contributed by atoms with Gasteiger partial charge in [-0.3, -0.25) is 9.10 Å². The summed E-state index contributed by atoms with van der Waals surface area (Å²) in [5.41, 5.74) is 0.652. The van der Waals surface area contributed by atoms with Crippen LogP contribution >= 0.6 is 11.6 Å². The van der Waals surface area contributed by atoms with Crippen LogP contribution in [0.25, 0.3) is 0 Å². The van der Waals surface area contributed by atoms with E-state index in [2.05, 4.69) is 5.32 Å². The first-order valence-corrected chi connectivity index (χ1v) is 9.22. The first-order chi connectivity index (χ1) is 11.2. The topological polar surface area (TPSA) is 66.5 Å². The number of sulfonamides is 1. The van der Waals surface area contributed by atoms with Crippen LogP contribution in [0.5, 0.6) is 0 Å². The van der Waals surface area contributed by atoms with Gasteiger partial charge in [-0.05, 0) is 49.4 Å². The van der Waals surface area contributed by atoms with Crippen molar-refractivity contribution in [3.63, 3.8) is 0 Å². The highest BCUT2D eigenvalue weighted by Crippen LogP contribution is 2.24. The lowest BCUT2D eigenvalue weighted by Crippen LogP contribution is -2.45. The van der Waals surface area contributed by atoms with E-state index in [4.69, 9.17) is 11.6 Å². The summed E-state index contributed by atoms with van der Waals surface area (Å²) >= 11 is 5.91. The van der Waals surface area contributed by atoms with Gasteiger partial charge in [0.15, 0.2) is 0 Å². The molecule has 1 unspecified atom stereocenters. The Labute approximate surface area is 145 Å². The van der Waals surface area contributed by atoms with Crippen LogP contribution < -0.4 is 9.62 Å². The highest BCUT2D eigenvalue weighted by atomic mass is 35.5. The summed E-state index contributed by atoms with van der Waals surface area (Å²) in [5.74, 6) is -0.982. The Morgan fingerprint density at radius 3 is 2.38 bits per heavy atom. The molecule has 2 rings (SSSR count). The number of hydrogen-bond donors (Lipinski definition) is 1. The maximum atomic E-state index is 12.9. The monoisotopic (exact) mass is 370 g/mol. The molecule has 1 atom stereocenters. The van der Waals surface area contributed by atoms with Gasteiger partial charge in [0.1, 0.15) is 11.9 Å². The molecule has 8 heteroatoms. The van der Waals surface area contributed by atoms with E-state index in [0.717, 1.165) is 10.6 Å². The lowest BCUT2D eigenvalue weighted by Gasteiger charge is -2.28. The third-order valence-corrected chi connectivity index (χ3v) is 4.74. The summed E-state index contributed by atoms with van der Waals surface area (Å²) in [6, 6.07) is 10.4. The number of nitrogens with one attached hydrogen (secondary N) is 1. The fourth-order valence-corrected chi connectivity index (χ4v) is 3.55. The van der Waals surface area contributed by atoms with Gasteiger partial charge in [-0.25, -0.2) is 12.8 Å². The van der Waals surface area contributed by atoms with Gasteiger partial charge in [0, 0.05) is 10.7 Å². The second-order valence-electron chi connectivity index (χ2n) is 5.21. The van der Waals surface area contributed by atoms with E-state index in [1.165, 1.54) is 37.3 Å². The SMILES string of the molecule is CC(C(=O)Nc1ccc(F)cc1)N(c1cccc(Cl)c1)S(C)(=O)=O. The van der Waals surface area contributed by atoms with Crippen molar-refractivity contribution in [1.82, 2.24) is 0 Å². The number of rotatable bonds is 5. The molecule has 2 aromatic carbocycles. The number of anilines is 2. The van der Waals surface area contributed by atoms with Gasteiger partial charge in [-0.15, -0.1) is 0 Å². The van der Waals surface area contributed by atoms with Crippen LogP contribution in [0, 0.1) is 5.82 Å². The minimum Gasteiger partial charge on any atom is -0.324 e. The fraction of sp³-hybridized carbons (Fsp3) is 0.188. The smallest absolute Gasteiger partial charge is 0.247 e. The number of nitrogens with zero attached hydrogens (tertiary/aromatic N) is 1. The maximum absolute atomic E-state index is 12.9. The number of halogens is 2. The van der Waals surface area contributed by atoms with Crippen molar-refractivity contribution >= 4 is 38.9 Å². The molecule has 2 aromatic rings. The number of hydrogen-bond acceptors (Lipinski definition) is 3. The minimum atomic E-state index is -3.72. The fourth-order valence-electron chi connectivity index (χ4n) is 2.20. The molecule has 0 bridgehead atoms. The van der Waals surface area contributed by atoms with Crippen LogP contribution in [0.3, 0.4) is 0 Å². The van der Waals surface area contributed by atoms with Crippen molar-refractivity contribution in [3.05, 3.63) is 59.4 Å². The van der Waals surface area contributed by atoms with Gasteiger partial charge in [0.25, 0.3) is 0 Å². The molecule has 0 saturated heterocycles. The Kier molecular flexibility index (Phi) is 5.46. The molecular formula is C16H16ClFN2O3S. The Hall–Kier alpha value is -2.12. The van der Waals surface area contributed by atoms with E-state index < -0.39 is 27.8 Å².